The number of pyridine rings is 2. The van der Waals surface area contributed by atoms with Crippen molar-refractivity contribution in [2.75, 3.05) is 25.8 Å². The lowest BCUT2D eigenvalue weighted by atomic mass is 10.0. The van der Waals surface area contributed by atoms with E-state index >= 15 is 0 Å². The molecule has 4 heterocycles. The van der Waals surface area contributed by atoms with E-state index in [0.29, 0.717) is 43.6 Å². The van der Waals surface area contributed by atoms with Crippen molar-refractivity contribution < 1.29 is 19.5 Å². The lowest BCUT2D eigenvalue weighted by Crippen LogP contribution is -2.28. The lowest BCUT2D eigenvalue weighted by Gasteiger charge is -2.18. The Bertz CT molecular complexity index is 1950. The van der Waals surface area contributed by atoms with Crippen molar-refractivity contribution in [2.45, 2.75) is 20.4 Å². The van der Waals surface area contributed by atoms with Crippen molar-refractivity contribution >= 4 is 55.8 Å². The minimum atomic E-state index is -1.05. The molecule has 5 aromatic rings. The second-order valence-corrected chi connectivity index (χ2v) is 10.4. The zero-order valence-electron chi connectivity index (χ0n) is 22.4. The highest BCUT2D eigenvalue weighted by Gasteiger charge is 2.21. The van der Waals surface area contributed by atoms with Gasteiger partial charge in [-0.15, -0.1) is 11.3 Å². The molecule has 208 valence electrons. The number of fused-ring (bicyclic) bond motifs is 2. The zero-order valence-corrected chi connectivity index (χ0v) is 24.0. The Morgan fingerprint density at radius 3 is 2.73 bits per heavy atom. The second-order valence-electron chi connectivity index (χ2n) is 9.06. The number of carboxylic acids is 1. The Kier molecular flexibility index (Phi) is 7.59. The van der Waals surface area contributed by atoms with E-state index in [-0.39, 0.29) is 35.5 Å². The van der Waals surface area contributed by atoms with E-state index in [0.717, 1.165) is 5.56 Å². The Hall–Kier alpha value is -4.57. The second kappa shape index (κ2) is 11.1. The molecule has 0 spiro atoms. The largest absolute Gasteiger partial charge is 0.491 e. The van der Waals surface area contributed by atoms with Crippen LogP contribution in [0.4, 0.5) is 5.82 Å². The molecule has 0 saturated carbocycles. The summed E-state index contributed by atoms with van der Waals surface area (Å²) < 4.78 is 8.31. The molecule has 0 radical (unpaired) electrons. The van der Waals surface area contributed by atoms with Crippen LogP contribution in [0.25, 0.3) is 32.2 Å². The number of anilines is 1. The van der Waals surface area contributed by atoms with Crippen LogP contribution in [-0.4, -0.2) is 51.4 Å². The monoisotopic (exact) mass is 590 g/mol. The summed E-state index contributed by atoms with van der Waals surface area (Å²) in [6.45, 7) is 3.73. The number of aromatic nitrogens is 4. The van der Waals surface area contributed by atoms with Gasteiger partial charge in [0.15, 0.2) is 5.82 Å². The maximum atomic E-state index is 13.6. The molecule has 13 heteroatoms. The number of nitrogens with zero attached hydrogens (tertiary/aromatic N) is 6. The number of thiophene rings is 1. The van der Waals surface area contributed by atoms with Gasteiger partial charge < -0.3 is 9.84 Å². The highest BCUT2D eigenvalue weighted by Crippen LogP contribution is 2.40. The number of benzene rings is 1. The van der Waals surface area contributed by atoms with E-state index in [1.54, 1.807) is 44.5 Å². The summed E-state index contributed by atoms with van der Waals surface area (Å²) in [6.07, 6.45) is 1.44. The molecule has 5 rings (SSSR count). The highest BCUT2D eigenvalue weighted by molar-refractivity contribution is 7.18. The molecule has 41 heavy (non-hydrogen) atoms. The molecule has 0 aliphatic carbocycles. The van der Waals surface area contributed by atoms with Gasteiger partial charge >= 0.3 is 5.97 Å². The summed E-state index contributed by atoms with van der Waals surface area (Å²) in [4.78, 5) is 43.7. The molecule has 4 aromatic heterocycles. The van der Waals surface area contributed by atoms with E-state index < -0.39 is 11.5 Å². The number of aromatic carboxylic acids is 1. The molecule has 0 unspecified atom stereocenters. The normalized spacial score (nSPS) is 11.1. The van der Waals surface area contributed by atoms with E-state index in [4.69, 9.17) is 21.2 Å². The maximum Gasteiger partial charge on any atom is 0.338 e. The molecule has 11 nitrogen and oxygen atoms in total. The van der Waals surface area contributed by atoms with Gasteiger partial charge in [0, 0.05) is 34.3 Å². The molecular weight excluding hydrogens is 568 g/mol. The average molecular weight is 591 g/mol. The number of ether oxygens (including phenoxy) is 1. The Balaban J connectivity index is 1.52. The van der Waals surface area contributed by atoms with Gasteiger partial charge in [0.2, 0.25) is 0 Å². The van der Waals surface area contributed by atoms with Crippen LogP contribution in [0.3, 0.4) is 0 Å². The van der Waals surface area contributed by atoms with Gasteiger partial charge in [-0.05, 0) is 38.1 Å². The number of carboxylic acid groups (broad SMARTS) is 1. The third-order valence-electron chi connectivity index (χ3n) is 6.54. The van der Waals surface area contributed by atoms with E-state index in [1.807, 2.05) is 6.07 Å². The third-order valence-corrected chi connectivity index (χ3v) is 7.78. The first-order valence-electron chi connectivity index (χ1n) is 12.3. The summed E-state index contributed by atoms with van der Waals surface area (Å²) in [5.41, 5.74) is 2.55. The van der Waals surface area contributed by atoms with Crippen LogP contribution in [0, 0.1) is 25.2 Å². The first-order valence-corrected chi connectivity index (χ1v) is 13.5. The molecule has 1 N–H and O–H groups in total. The molecule has 0 aliphatic heterocycles. The van der Waals surface area contributed by atoms with Crippen LogP contribution in [0.2, 0.25) is 5.02 Å². The minimum absolute atomic E-state index is 0.0627. The zero-order chi connectivity index (χ0) is 29.4. The quantitative estimate of drug-likeness (QED) is 0.246. The van der Waals surface area contributed by atoms with E-state index in [9.17, 15) is 20.0 Å². The Morgan fingerprint density at radius 2 is 2.02 bits per heavy atom. The Morgan fingerprint density at radius 1 is 1.24 bits per heavy atom. The van der Waals surface area contributed by atoms with Crippen molar-refractivity contribution in [2.24, 2.45) is 0 Å². The van der Waals surface area contributed by atoms with Gasteiger partial charge in [-0.3, -0.25) is 19.2 Å². The van der Waals surface area contributed by atoms with Gasteiger partial charge in [0.25, 0.3) is 5.56 Å². The molecule has 0 atom stereocenters. The number of aryl methyl sites for hydroxylation is 2. The van der Waals surface area contributed by atoms with Gasteiger partial charge in [-0.25, -0.2) is 19.8 Å². The van der Waals surface area contributed by atoms with Gasteiger partial charge in [-0.2, -0.15) is 5.26 Å². The molecule has 1 aromatic carbocycles. The first-order chi connectivity index (χ1) is 19.6. The number of carbonyl (C=O) groups is 1. The van der Waals surface area contributed by atoms with Crippen molar-refractivity contribution in [1.82, 2.24) is 19.5 Å². The molecule has 0 amide bonds. The summed E-state index contributed by atoms with van der Waals surface area (Å²) in [5, 5.41) is 22.9. The lowest BCUT2D eigenvalue weighted by molar-refractivity contribution is 0.0699. The van der Waals surface area contributed by atoms with E-state index in [2.05, 4.69) is 21.0 Å². The van der Waals surface area contributed by atoms with E-state index in [1.165, 1.54) is 34.3 Å². The maximum absolute atomic E-state index is 13.6. The number of hydrogen-bond acceptors (Lipinski definition) is 10. The van der Waals surface area contributed by atoms with Gasteiger partial charge in [-0.1, -0.05) is 11.6 Å². The standard InChI is InChI=1S/C28H23ClN6O5S/c1-14-9-18(25-24(32-14)20(13-41-25)28(37)38)17-10-16(29)5-6-22(17)40-8-7-35-15(2)33-21-12-31-26(34(3)39-4)19(11-30)23(21)27(35)36/h5-6,9-10,12-13H,7-8H2,1-4H3,(H,37,38). The molecule has 0 aliphatic rings. The molecule has 0 fully saturated rings. The molecule has 0 saturated heterocycles. The van der Waals surface area contributed by atoms with Crippen LogP contribution in [0.15, 0.2) is 40.6 Å². The fourth-order valence-corrected chi connectivity index (χ4v) is 5.76. The predicted octanol–water partition coefficient (Wildman–Crippen LogP) is 4.98. The van der Waals surface area contributed by atoms with Crippen molar-refractivity contribution in [1.29, 1.82) is 5.26 Å². The summed E-state index contributed by atoms with van der Waals surface area (Å²) in [6, 6.07) is 9.09. The topological polar surface area (TPSA) is 143 Å². The summed E-state index contributed by atoms with van der Waals surface area (Å²) in [7, 11) is 3.02. The van der Waals surface area contributed by atoms with Gasteiger partial charge in [0.05, 0.1) is 46.5 Å². The van der Waals surface area contributed by atoms with Gasteiger partial charge in [0.1, 0.15) is 29.8 Å². The molecule has 0 bridgehead atoms. The van der Waals surface area contributed by atoms with Crippen LogP contribution < -0.4 is 15.4 Å². The fraction of sp³-hybridized carbons (Fsp3) is 0.214. The Labute approximate surface area is 242 Å². The number of nitriles is 1. The minimum Gasteiger partial charge on any atom is -0.491 e. The van der Waals surface area contributed by atoms with Crippen LogP contribution in [0.1, 0.15) is 27.4 Å². The number of hydrogen-bond donors (Lipinski definition) is 1. The van der Waals surface area contributed by atoms with Crippen molar-refractivity contribution in [3.05, 3.63) is 73.9 Å². The van der Waals surface area contributed by atoms with Crippen LogP contribution in [-0.2, 0) is 11.4 Å². The average Bonchev–Trinajstić information content (AvgIpc) is 3.38. The fourth-order valence-electron chi connectivity index (χ4n) is 4.58. The molecular formula is C28H23ClN6O5S. The first kappa shape index (κ1) is 28.0. The highest BCUT2D eigenvalue weighted by atomic mass is 35.5. The number of hydroxylamine groups is 1. The summed E-state index contributed by atoms with van der Waals surface area (Å²) in [5.74, 6) is 0.0885. The third kappa shape index (κ3) is 5.06. The summed E-state index contributed by atoms with van der Waals surface area (Å²) >= 11 is 7.64. The van der Waals surface area contributed by atoms with Crippen LogP contribution >= 0.6 is 22.9 Å². The number of rotatable bonds is 8. The van der Waals surface area contributed by atoms with Crippen LogP contribution in [0.5, 0.6) is 5.75 Å². The van der Waals surface area contributed by atoms with Crippen molar-refractivity contribution in [3.8, 4) is 22.9 Å². The smallest absolute Gasteiger partial charge is 0.338 e. The number of halogens is 1. The SMILES string of the molecule is CON(C)c1ncc2nc(C)n(CCOc3ccc(Cl)cc3-c3cc(C)nc4c(C(=O)O)csc34)c(=O)c2c1C#N. The predicted molar refractivity (Wildman–Crippen MR) is 156 cm³/mol. The van der Waals surface area contributed by atoms with Crippen molar-refractivity contribution in [3.63, 3.8) is 0 Å².